The number of methoxy groups -OCH3 is 1. The first kappa shape index (κ1) is 16.0. The van der Waals surface area contributed by atoms with Crippen LogP contribution in [0.2, 0.25) is 0 Å². The van der Waals surface area contributed by atoms with E-state index in [1.807, 2.05) is 26.0 Å². The lowest BCUT2D eigenvalue weighted by Crippen LogP contribution is -2.29. The van der Waals surface area contributed by atoms with Crippen molar-refractivity contribution >= 4 is 17.4 Å². The van der Waals surface area contributed by atoms with E-state index in [0.29, 0.717) is 12.1 Å². The lowest BCUT2D eigenvalue weighted by atomic mass is 10.0. The average molecular weight is 279 g/mol. The highest BCUT2D eigenvalue weighted by Gasteiger charge is 2.20. The summed E-state index contributed by atoms with van der Waals surface area (Å²) in [5, 5.41) is 14.2. The van der Waals surface area contributed by atoms with Crippen LogP contribution in [0.3, 0.4) is 0 Å². The molecule has 1 amide bonds. The summed E-state index contributed by atoms with van der Waals surface area (Å²) in [6.07, 6.45) is 0.636. The van der Waals surface area contributed by atoms with Gasteiger partial charge in [-0.2, -0.15) is 0 Å². The Morgan fingerprint density at radius 1 is 1.40 bits per heavy atom. The average Bonchev–Trinajstić information content (AvgIpc) is 2.40. The molecule has 0 saturated carbocycles. The second kappa shape index (κ2) is 6.91. The van der Waals surface area contributed by atoms with Crippen molar-refractivity contribution in [1.82, 2.24) is 0 Å². The lowest BCUT2D eigenvalue weighted by molar-refractivity contribution is -0.121. The van der Waals surface area contributed by atoms with E-state index in [1.54, 1.807) is 19.2 Å². The van der Waals surface area contributed by atoms with Crippen LogP contribution >= 0.6 is 0 Å². The van der Waals surface area contributed by atoms with Crippen LogP contribution in [0.25, 0.3) is 0 Å². The van der Waals surface area contributed by atoms with Gasteiger partial charge in [-0.1, -0.05) is 17.3 Å². The molecular weight excluding hydrogens is 258 g/mol. The summed E-state index contributed by atoms with van der Waals surface area (Å²) in [5.74, 6) is 0.0321. The smallest absolute Gasteiger partial charge is 0.227 e. The van der Waals surface area contributed by atoms with Gasteiger partial charge in [-0.15, -0.1) is 0 Å². The predicted molar refractivity (Wildman–Crippen MR) is 77.9 cm³/mol. The van der Waals surface area contributed by atoms with E-state index < -0.39 is 5.60 Å². The molecular formula is C14H21N3O3. The molecule has 0 aromatic heterocycles. The third-order valence-electron chi connectivity index (χ3n) is 2.89. The number of anilines is 1. The van der Waals surface area contributed by atoms with Crippen molar-refractivity contribution in [3.05, 3.63) is 29.8 Å². The van der Waals surface area contributed by atoms with Crippen LogP contribution < -0.4 is 11.1 Å². The van der Waals surface area contributed by atoms with Crippen molar-refractivity contribution in [2.24, 2.45) is 10.9 Å². The number of amidine groups is 1. The number of rotatable bonds is 6. The van der Waals surface area contributed by atoms with E-state index in [2.05, 4.69) is 10.5 Å². The molecule has 0 atom stereocenters. The van der Waals surface area contributed by atoms with Gasteiger partial charge in [-0.25, -0.2) is 0 Å². The second-order valence-electron chi connectivity index (χ2n) is 5.15. The SMILES string of the molecule is COC(C)(C)CC(=O)Nc1ccc(C/C(N)=N/O)cc1. The monoisotopic (exact) mass is 279 g/mol. The first-order valence-electron chi connectivity index (χ1n) is 6.26. The minimum atomic E-state index is -0.490. The molecule has 0 aliphatic carbocycles. The van der Waals surface area contributed by atoms with Gasteiger partial charge in [0.05, 0.1) is 12.0 Å². The Morgan fingerprint density at radius 3 is 2.50 bits per heavy atom. The van der Waals surface area contributed by atoms with Crippen molar-refractivity contribution in [3.63, 3.8) is 0 Å². The number of carbonyl (C=O) groups excluding carboxylic acids is 1. The highest BCUT2D eigenvalue weighted by atomic mass is 16.5. The van der Waals surface area contributed by atoms with Crippen LogP contribution in [0.5, 0.6) is 0 Å². The maximum Gasteiger partial charge on any atom is 0.227 e. The van der Waals surface area contributed by atoms with E-state index in [0.717, 1.165) is 5.56 Å². The van der Waals surface area contributed by atoms with Gasteiger partial charge in [0.25, 0.3) is 0 Å². The molecule has 6 nitrogen and oxygen atoms in total. The van der Waals surface area contributed by atoms with Gasteiger partial charge < -0.3 is 21.0 Å². The van der Waals surface area contributed by atoms with Gasteiger partial charge in [-0.3, -0.25) is 4.79 Å². The van der Waals surface area contributed by atoms with E-state index in [1.165, 1.54) is 0 Å². The van der Waals surface area contributed by atoms with E-state index in [-0.39, 0.29) is 18.2 Å². The molecule has 0 aliphatic rings. The molecule has 20 heavy (non-hydrogen) atoms. The summed E-state index contributed by atoms with van der Waals surface area (Å²) in [5.41, 5.74) is 6.53. The van der Waals surface area contributed by atoms with Crippen LogP contribution in [-0.2, 0) is 16.0 Å². The molecule has 0 heterocycles. The van der Waals surface area contributed by atoms with Crippen LogP contribution in [0, 0.1) is 0 Å². The Morgan fingerprint density at radius 2 is 2.00 bits per heavy atom. The Kier molecular flexibility index (Phi) is 5.52. The van der Waals surface area contributed by atoms with Gasteiger partial charge in [0.15, 0.2) is 0 Å². The first-order chi connectivity index (χ1) is 9.36. The zero-order valence-electron chi connectivity index (χ0n) is 12.0. The molecule has 0 saturated heterocycles. The summed E-state index contributed by atoms with van der Waals surface area (Å²) >= 11 is 0. The zero-order chi connectivity index (χ0) is 15.2. The number of nitrogens with two attached hydrogens (primary N) is 1. The van der Waals surface area contributed by atoms with Crippen LogP contribution in [0.1, 0.15) is 25.8 Å². The summed E-state index contributed by atoms with van der Waals surface area (Å²) in [7, 11) is 1.58. The van der Waals surface area contributed by atoms with Crippen LogP contribution in [0.4, 0.5) is 5.69 Å². The Balaban J connectivity index is 2.59. The highest BCUT2D eigenvalue weighted by Crippen LogP contribution is 2.15. The number of oxime groups is 1. The van der Waals surface area contributed by atoms with Gasteiger partial charge in [0, 0.05) is 19.2 Å². The Hall–Kier alpha value is -2.08. The normalized spacial score (nSPS) is 12.2. The summed E-state index contributed by atoms with van der Waals surface area (Å²) in [4.78, 5) is 11.8. The fraction of sp³-hybridized carbons (Fsp3) is 0.429. The molecule has 0 aliphatic heterocycles. The minimum absolute atomic E-state index is 0.110. The topological polar surface area (TPSA) is 96.9 Å². The van der Waals surface area contributed by atoms with Crippen molar-refractivity contribution in [2.45, 2.75) is 32.3 Å². The molecule has 110 valence electrons. The van der Waals surface area contributed by atoms with E-state index in [9.17, 15) is 4.79 Å². The first-order valence-corrected chi connectivity index (χ1v) is 6.26. The third-order valence-corrected chi connectivity index (χ3v) is 2.89. The number of amides is 1. The molecule has 1 aromatic rings. The molecule has 0 bridgehead atoms. The van der Waals surface area contributed by atoms with Crippen LogP contribution in [-0.4, -0.2) is 29.7 Å². The number of benzene rings is 1. The van der Waals surface area contributed by atoms with Crippen molar-refractivity contribution < 1.29 is 14.7 Å². The maximum atomic E-state index is 11.8. The minimum Gasteiger partial charge on any atom is -0.409 e. The number of nitrogens with one attached hydrogen (secondary N) is 1. The summed E-state index contributed by atoms with van der Waals surface area (Å²) in [6.45, 7) is 3.71. The van der Waals surface area contributed by atoms with Crippen molar-refractivity contribution in [3.8, 4) is 0 Å². The lowest BCUT2D eigenvalue weighted by Gasteiger charge is -2.21. The molecule has 1 rings (SSSR count). The molecule has 4 N–H and O–H groups in total. The van der Waals surface area contributed by atoms with E-state index >= 15 is 0 Å². The van der Waals surface area contributed by atoms with Crippen molar-refractivity contribution in [2.75, 3.05) is 12.4 Å². The number of nitrogens with zero attached hydrogens (tertiary/aromatic N) is 1. The number of ether oxygens (including phenoxy) is 1. The maximum absolute atomic E-state index is 11.8. The summed E-state index contributed by atoms with van der Waals surface area (Å²) < 4.78 is 5.21. The largest absolute Gasteiger partial charge is 0.409 e. The molecule has 0 unspecified atom stereocenters. The fourth-order valence-corrected chi connectivity index (χ4v) is 1.61. The van der Waals surface area contributed by atoms with Gasteiger partial charge >= 0.3 is 0 Å². The zero-order valence-corrected chi connectivity index (χ0v) is 12.0. The molecule has 0 fully saturated rings. The molecule has 0 spiro atoms. The Bertz CT molecular complexity index is 481. The predicted octanol–water partition coefficient (Wildman–Crippen LogP) is 1.73. The van der Waals surface area contributed by atoms with E-state index in [4.69, 9.17) is 15.7 Å². The standard InChI is InChI=1S/C14H21N3O3/c1-14(2,20-3)9-13(18)16-11-6-4-10(5-7-11)8-12(15)17-19/h4-7,19H,8-9H2,1-3H3,(H2,15,17)(H,16,18). The second-order valence-corrected chi connectivity index (χ2v) is 5.15. The number of hydrogen-bond acceptors (Lipinski definition) is 4. The van der Waals surface area contributed by atoms with Crippen LogP contribution in [0.15, 0.2) is 29.4 Å². The van der Waals surface area contributed by atoms with Crippen molar-refractivity contribution in [1.29, 1.82) is 0 Å². The fourth-order valence-electron chi connectivity index (χ4n) is 1.61. The molecule has 1 aromatic carbocycles. The highest BCUT2D eigenvalue weighted by molar-refractivity contribution is 5.91. The number of hydrogen-bond donors (Lipinski definition) is 3. The number of carbonyl (C=O) groups is 1. The van der Waals surface area contributed by atoms with Gasteiger partial charge in [-0.05, 0) is 31.5 Å². The summed E-state index contributed by atoms with van der Waals surface area (Å²) in [6, 6.07) is 7.18. The molecule has 6 heteroatoms. The molecule has 0 radical (unpaired) electrons. The third kappa shape index (κ3) is 5.27. The van der Waals surface area contributed by atoms with Gasteiger partial charge in [0.1, 0.15) is 5.84 Å². The van der Waals surface area contributed by atoms with Gasteiger partial charge in [0.2, 0.25) is 5.91 Å². The quantitative estimate of drug-likeness (QED) is 0.320. The Labute approximate surface area is 118 Å².